The molecule has 0 spiro atoms. The van der Waals surface area contributed by atoms with E-state index in [1.54, 1.807) is 19.1 Å². The fourth-order valence-electron chi connectivity index (χ4n) is 2.37. The average molecular weight is 286 g/mol. The second-order valence-electron chi connectivity index (χ2n) is 5.17. The van der Waals surface area contributed by atoms with Crippen molar-refractivity contribution < 1.29 is 18.8 Å². The summed E-state index contributed by atoms with van der Waals surface area (Å²) < 4.78 is 5.52. The van der Waals surface area contributed by atoms with Gasteiger partial charge in [0, 0.05) is 5.39 Å². The van der Waals surface area contributed by atoms with Crippen LogP contribution < -0.4 is 5.32 Å². The summed E-state index contributed by atoms with van der Waals surface area (Å²) >= 11 is 0. The van der Waals surface area contributed by atoms with Crippen molar-refractivity contribution in [3.63, 3.8) is 0 Å². The van der Waals surface area contributed by atoms with Gasteiger partial charge in [-0.1, -0.05) is 11.6 Å². The Hall–Kier alpha value is -2.63. The second kappa shape index (κ2) is 4.73. The van der Waals surface area contributed by atoms with Crippen molar-refractivity contribution in [2.75, 3.05) is 6.54 Å². The lowest BCUT2D eigenvalue weighted by Gasteiger charge is -2.30. The van der Waals surface area contributed by atoms with Crippen LogP contribution in [0.25, 0.3) is 11.0 Å². The Balaban J connectivity index is 1.95. The molecule has 1 N–H and O–H groups in total. The molecule has 3 amide bonds. The van der Waals surface area contributed by atoms with Crippen molar-refractivity contribution >= 4 is 28.7 Å². The highest BCUT2D eigenvalue weighted by Gasteiger charge is 2.35. The zero-order valence-corrected chi connectivity index (χ0v) is 11.7. The van der Waals surface area contributed by atoms with E-state index in [2.05, 4.69) is 5.32 Å². The Kier molecular flexibility index (Phi) is 3.01. The van der Waals surface area contributed by atoms with Crippen LogP contribution in [-0.4, -0.2) is 35.2 Å². The van der Waals surface area contributed by atoms with Gasteiger partial charge in [-0.3, -0.25) is 19.7 Å². The third-order valence-electron chi connectivity index (χ3n) is 3.57. The van der Waals surface area contributed by atoms with Gasteiger partial charge < -0.3 is 9.32 Å². The van der Waals surface area contributed by atoms with Crippen molar-refractivity contribution in [1.29, 1.82) is 0 Å². The molecule has 2 aromatic rings. The smallest absolute Gasteiger partial charge is 0.290 e. The van der Waals surface area contributed by atoms with Gasteiger partial charge in [0.15, 0.2) is 5.76 Å². The minimum absolute atomic E-state index is 0.130. The lowest BCUT2D eigenvalue weighted by atomic mass is 10.1. The molecule has 1 saturated heterocycles. The van der Waals surface area contributed by atoms with Crippen molar-refractivity contribution in [3.05, 3.63) is 35.6 Å². The molecule has 1 aromatic heterocycles. The standard InChI is InChI=1S/C15H14N2O4/c1-8-3-4-11-10(5-8)6-12(21-11)15(20)17-7-13(18)16-14(19)9(17)2/h3-6,9H,7H2,1-2H3,(H,16,18,19). The Bertz CT molecular complexity index is 762. The third-order valence-corrected chi connectivity index (χ3v) is 3.57. The highest BCUT2D eigenvalue weighted by atomic mass is 16.3. The van der Waals surface area contributed by atoms with E-state index in [0.29, 0.717) is 5.58 Å². The van der Waals surface area contributed by atoms with E-state index >= 15 is 0 Å². The maximum absolute atomic E-state index is 12.5. The summed E-state index contributed by atoms with van der Waals surface area (Å²) in [6, 6.07) is 6.52. The highest BCUT2D eigenvalue weighted by molar-refractivity contribution is 6.07. The number of aryl methyl sites for hydroxylation is 1. The molecule has 1 atom stereocenters. The summed E-state index contributed by atoms with van der Waals surface area (Å²) in [6.07, 6.45) is 0. The maximum Gasteiger partial charge on any atom is 0.290 e. The van der Waals surface area contributed by atoms with E-state index in [9.17, 15) is 14.4 Å². The molecule has 21 heavy (non-hydrogen) atoms. The Labute approximate surface area is 120 Å². The molecular weight excluding hydrogens is 272 g/mol. The number of hydrogen-bond acceptors (Lipinski definition) is 4. The average Bonchev–Trinajstić information content (AvgIpc) is 2.85. The molecule has 6 heteroatoms. The molecule has 0 saturated carbocycles. The number of carbonyl (C=O) groups is 3. The van der Waals surface area contributed by atoms with Gasteiger partial charge in [-0.15, -0.1) is 0 Å². The van der Waals surface area contributed by atoms with Crippen LogP contribution >= 0.6 is 0 Å². The number of hydrogen-bond donors (Lipinski definition) is 1. The number of rotatable bonds is 1. The summed E-state index contributed by atoms with van der Waals surface area (Å²) in [4.78, 5) is 36.7. The van der Waals surface area contributed by atoms with Crippen molar-refractivity contribution in [2.45, 2.75) is 19.9 Å². The van der Waals surface area contributed by atoms with E-state index in [0.717, 1.165) is 10.9 Å². The third kappa shape index (κ3) is 2.29. The normalized spacial score (nSPS) is 19.0. The van der Waals surface area contributed by atoms with Crippen LogP contribution in [0.2, 0.25) is 0 Å². The minimum atomic E-state index is -0.704. The van der Waals surface area contributed by atoms with Gasteiger partial charge in [-0.2, -0.15) is 0 Å². The first-order valence-electron chi connectivity index (χ1n) is 6.60. The van der Waals surface area contributed by atoms with E-state index in [1.165, 1.54) is 4.90 Å². The highest BCUT2D eigenvalue weighted by Crippen LogP contribution is 2.22. The molecule has 0 aliphatic carbocycles. The summed E-state index contributed by atoms with van der Waals surface area (Å²) in [5, 5.41) is 3.02. The van der Waals surface area contributed by atoms with Gasteiger partial charge in [0.2, 0.25) is 11.8 Å². The van der Waals surface area contributed by atoms with Crippen LogP contribution in [0.4, 0.5) is 0 Å². The maximum atomic E-state index is 12.5. The van der Waals surface area contributed by atoms with Crippen LogP contribution in [0.5, 0.6) is 0 Å². The van der Waals surface area contributed by atoms with Crippen molar-refractivity contribution in [2.24, 2.45) is 0 Å². The number of nitrogens with zero attached hydrogens (tertiary/aromatic N) is 1. The van der Waals surface area contributed by atoms with E-state index in [4.69, 9.17) is 4.42 Å². The molecule has 6 nitrogen and oxygen atoms in total. The number of nitrogens with one attached hydrogen (secondary N) is 1. The first-order chi connectivity index (χ1) is 9.95. The number of piperazine rings is 1. The predicted molar refractivity (Wildman–Crippen MR) is 74.6 cm³/mol. The van der Waals surface area contributed by atoms with Crippen LogP contribution in [0.15, 0.2) is 28.7 Å². The van der Waals surface area contributed by atoms with Crippen LogP contribution in [0, 0.1) is 6.92 Å². The second-order valence-corrected chi connectivity index (χ2v) is 5.17. The number of amides is 3. The van der Waals surface area contributed by atoms with E-state index in [1.807, 2.05) is 19.1 Å². The number of furan rings is 1. The van der Waals surface area contributed by atoms with Gasteiger partial charge in [-0.25, -0.2) is 0 Å². The monoisotopic (exact) mass is 286 g/mol. The molecule has 2 heterocycles. The Morgan fingerprint density at radius 3 is 2.86 bits per heavy atom. The fourth-order valence-corrected chi connectivity index (χ4v) is 2.37. The fraction of sp³-hybridized carbons (Fsp3) is 0.267. The first kappa shape index (κ1) is 13.4. The summed E-state index contributed by atoms with van der Waals surface area (Å²) in [5.41, 5.74) is 1.66. The van der Waals surface area contributed by atoms with Crippen LogP contribution in [0.3, 0.4) is 0 Å². The molecule has 108 valence electrons. The molecule has 1 aromatic carbocycles. The van der Waals surface area contributed by atoms with Crippen LogP contribution in [0.1, 0.15) is 23.0 Å². The first-order valence-corrected chi connectivity index (χ1v) is 6.60. The zero-order valence-electron chi connectivity index (χ0n) is 11.7. The minimum Gasteiger partial charge on any atom is -0.451 e. The Morgan fingerprint density at radius 1 is 1.33 bits per heavy atom. The zero-order chi connectivity index (χ0) is 15.1. The van der Waals surface area contributed by atoms with E-state index in [-0.39, 0.29) is 12.3 Å². The summed E-state index contributed by atoms with van der Waals surface area (Å²) in [7, 11) is 0. The molecule has 0 bridgehead atoms. The van der Waals surface area contributed by atoms with Gasteiger partial charge in [0.05, 0.1) is 0 Å². The largest absolute Gasteiger partial charge is 0.451 e. The molecule has 0 radical (unpaired) electrons. The quantitative estimate of drug-likeness (QED) is 0.800. The molecule has 1 aliphatic rings. The van der Waals surface area contributed by atoms with Gasteiger partial charge >= 0.3 is 0 Å². The molecule has 1 unspecified atom stereocenters. The molecule has 1 aliphatic heterocycles. The molecule has 1 fully saturated rings. The SMILES string of the molecule is Cc1ccc2oc(C(=O)N3CC(=O)NC(=O)C3C)cc2c1. The van der Waals surface area contributed by atoms with Crippen LogP contribution in [-0.2, 0) is 9.59 Å². The Morgan fingerprint density at radius 2 is 2.10 bits per heavy atom. The number of carbonyl (C=O) groups excluding carboxylic acids is 3. The topological polar surface area (TPSA) is 79.6 Å². The predicted octanol–water partition coefficient (Wildman–Crippen LogP) is 1.23. The van der Waals surface area contributed by atoms with Gasteiger partial charge in [0.1, 0.15) is 18.2 Å². The van der Waals surface area contributed by atoms with Gasteiger partial charge in [0.25, 0.3) is 5.91 Å². The summed E-state index contributed by atoms with van der Waals surface area (Å²) in [6.45, 7) is 3.37. The molecule has 3 rings (SSSR count). The van der Waals surface area contributed by atoms with E-state index < -0.39 is 23.8 Å². The van der Waals surface area contributed by atoms with Crippen molar-refractivity contribution in [3.8, 4) is 0 Å². The lowest BCUT2D eigenvalue weighted by Crippen LogP contribution is -2.58. The number of benzene rings is 1. The van der Waals surface area contributed by atoms with Gasteiger partial charge in [-0.05, 0) is 32.0 Å². The summed E-state index contributed by atoms with van der Waals surface area (Å²) in [5.74, 6) is -1.30. The van der Waals surface area contributed by atoms with Crippen molar-refractivity contribution in [1.82, 2.24) is 10.2 Å². The number of fused-ring (bicyclic) bond motifs is 1. The number of imide groups is 1. The molecular formula is C15H14N2O4. The lowest BCUT2D eigenvalue weighted by molar-refractivity contribution is -0.138.